The topological polar surface area (TPSA) is 77.2 Å². The number of nitrogens with one attached hydrogen (secondary N) is 1. The van der Waals surface area contributed by atoms with Crippen molar-refractivity contribution in [2.24, 2.45) is 5.73 Å². The lowest BCUT2D eigenvalue weighted by molar-refractivity contribution is 0.0942. The third kappa shape index (κ3) is 6.11. The number of carbonyl (C=O) groups excluding carboxylic acids is 1. The average molecular weight is 370 g/mol. The summed E-state index contributed by atoms with van der Waals surface area (Å²) >= 11 is 1.46. The maximum Gasteiger partial charge on any atom is 0.270 e. The van der Waals surface area contributed by atoms with Crippen molar-refractivity contribution in [1.29, 1.82) is 0 Å². The largest absolute Gasteiger partial charge is 0.492 e. The molecule has 0 saturated carbocycles. The number of aromatic nitrogens is 1. The SMILES string of the molecule is CC(C)c1ccc(OCCNC(=O)c2csc(CCN)n2)cc1.Cl. The van der Waals surface area contributed by atoms with E-state index in [0.717, 1.165) is 10.8 Å². The minimum Gasteiger partial charge on any atom is -0.492 e. The fourth-order valence-corrected chi connectivity index (χ4v) is 2.82. The van der Waals surface area contributed by atoms with Crippen molar-refractivity contribution in [3.63, 3.8) is 0 Å². The van der Waals surface area contributed by atoms with E-state index < -0.39 is 0 Å². The van der Waals surface area contributed by atoms with Crippen molar-refractivity contribution in [3.05, 3.63) is 45.9 Å². The number of nitrogens with two attached hydrogens (primary N) is 1. The Morgan fingerprint density at radius 3 is 2.67 bits per heavy atom. The lowest BCUT2D eigenvalue weighted by atomic mass is 10.0. The zero-order chi connectivity index (χ0) is 16.7. The van der Waals surface area contributed by atoms with Gasteiger partial charge in [-0.2, -0.15) is 0 Å². The Bertz CT molecular complexity index is 629. The number of thiazole rings is 1. The Hall–Kier alpha value is -1.63. The van der Waals surface area contributed by atoms with Gasteiger partial charge in [0.2, 0.25) is 0 Å². The summed E-state index contributed by atoms with van der Waals surface area (Å²) in [4.78, 5) is 16.2. The van der Waals surface area contributed by atoms with E-state index >= 15 is 0 Å². The highest BCUT2D eigenvalue weighted by atomic mass is 35.5. The lowest BCUT2D eigenvalue weighted by Gasteiger charge is -2.09. The third-order valence-corrected chi connectivity index (χ3v) is 4.25. The molecule has 1 heterocycles. The molecule has 1 amide bonds. The van der Waals surface area contributed by atoms with Crippen molar-refractivity contribution in [3.8, 4) is 5.75 Å². The second kappa shape index (κ2) is 10.3. The van der Waals surface area contributed by atoms with Crippen LogP contribution in [0.1, 0.15) is 40.8 Å². The van der Waals surface area contributed by atoms with Crippen molar-refractivity contribution in [2.75, 3.05) is 19.7 Å². The van der Waals surface area contributed by atoms with Gasteiger partial charge in [-0.05, 0) is 30.2 Å². The molecule has 2 aromatic rings. The van der Waals surface area contributed by atoms with Crippen LogP contribution in [0, 0.1) is 0 Å². The highest BCUT2D eigenvalue weighted by Gasteiger charge is 2.09. The molecule has 0 saturated heterocycles. The van der Waals surface area contributed by atoms with Gasteiger partial charge in [0, 0.05) is 11.8 Å². The first-order chi connectivity index (χ1) is 11.1. The van der Waals surface area contributed by atoms with E-state index in [1.54, 1.807) is 5.38 Å². The number of carbonyl (C=O) groups is 1. The van der Waals surface area contributed by atoms with Gasteiger partial charge in [-0.3, -0.25) is 4.79 Å². The van der Waals surface area contributed by atoms with Gasteiger partial charge in [0.05, 0.1) is 11.6 Å². The fraction of sp³-hybridized carbons (Fsp3) is 0.412. The van der Waals surface area contributed by atoms with Gasteiger partial charge in [-0.25, -0.2) is 4.98 Å². The van der Waals surface area contributed by atoms with Crippen LogP contribution < -0.4 is 15.8 Å². The van der Waals surface area contributed by atoms with Gasteiger partial charge >= 0.3 is 0 Å². The highest BCUT2D eigenvalue weighted by molar-refractivity contribution is 7.09. The number of halogens is 1. The minimum atomic E-state index is -0.178. The molecule has 7 heteroatoms. The number of ether oxygens (including phenoxy) is 1. The number of rotatable bonds is 8. The molecule has 0 radical (unpaired) electrons. The summed E-state index contributed by atoms with van der Waals surface area (Å²) < 4.78 is 5.62. The summed E-state index contributed by atoms with van der Waals surface area (Å²) in [7, 11) is 0. The molecule has 0 aliphatic carbocycles. The van der Waals surface area contributed by atoms with Crippen LogP contribution in [0.25, 0.3) is 0 Å². The first-order valence-corrected chi connectivity index (χ1v) is 8.63. The Morgan fingerprint density at radius 1 is 1.33 bits per heavy atom. The van der Waals surface area contributed by atoms with Gasteiger partial charge < -0.3 is 15.8 Å². The molecule has 0 bridgehead atoms. The molecule has 1 aromatic carbocycles. The average Bonchev–Trinajstić information content (AvgIpc) is 3.01. The monoisotopic (exact) mass is 369 g/mol. The molecule has 0 fully saturated rings. The zero-order valence-corrected chi connectivity index (χ0v) is 15.6. The Morgan fingerprint density at radius 2 is 2.04 bits per heavy atom. The molecule has 132 valence electrons. The van der Waals surface area contributed by atoms with Crippen LogP contribution in [0.3, 0.4) is 0 Å². The normalized spacial score (nSPS) is 10.3. The summed E-state index contributed by atoms with van der Waals surface area (Å²) in [5.74, 6) is 1.14. The van der Waals surface area contributed by atoms with E-state index in [4.69, 9.17) is 10.5 Å². The third-order valence-electron chi connectivity index (χ3n) is 3.35. The molecule has 24 heavy (non-hydrogen) atoms. The minimum absolute atomic E-state index is 0. The highest BCUT2D eigenvalue weighted by Crippen LogP contribution is 2.18. The molecule has 0 atom stereocenters. The smallest absolute Gasteiger partial charge is 0.270 e. The molecular formula is C17H24ClN3O2S. The van der Waals surface area contributed by atoms with Crippen LogP contribution in [0.4, 0.5) is 0 Å². The predicted molar refractivity (Wildman–Crippen MR) is 100 cm³/mol. The van der Waals surface area contributed by atoms with E-state index in [0.29, 0.717) is 37.7 Å². The first kappa shape index (κ1) is 20.4. The van der Waals surface area contributed by atoms with E-state index in [2.05, 4.69) is 36.3 Å². The van der Waals surface area contributed by atoms with E-state index in [-0.39, 0.29) is 18.3 Å². The van der Waals surface area contributed by atoms with Crippen LogP contribution in [-0.4, -0.2) is 30.6 Å². The Balaban J connectivity index is 0.00000288. The molecule has 1 aromatic heterocycles. The number of amides is 1. The van der Waals surface area contributed by atoms with Gasteiger partial charge in [-0.15, -0.1) is 23.7 Å². The lowest BCUT2D eigenvalue weighted by Crippen LogP contribution is -2.28. The molecule has 2 rings (SSSR count). The van der Waals surface area contributed by atoms with Crippen molar-refractivity contribution in [2.45, 2.75) is 26.2 Å². The second-order valence-electron chi connectivity index (χ2n) is 5.49. The van der Waals surface area contributed by atoms with E-state index in [9.17, 15) is 4.79 Å². The van der Waals surface area contributed by atoms with Crippen LogP contribution in [0.5, 0.6) is 5.75 Å². The van der Waals surface area contributed by atoms with Crippen LogP contribution in [0.15, 0.2) is 29.6 Å². The maximum absolute atomic E-state index is 11.9. The summed E-state index contributed by atoms with van der Waals surface area (Å²) in [5.41, 5.74) is 7.20. The summed E-state index contributed by atoms with van der Waals surface area (Å²) in [6, 6.07) is 8.03. The van der Waals surface area contributed by atoms with E-state index in [1.807, 2.05) is 12.1 Å². The van der Waals surface area contributed by atoms with Crippen molar-refractivity contribution < 1.29 is 9.53 Å². The molecule has 5 nitrogen and oxygen atoms in total. The van der Waals surface area contributed by atoms with Gasteiger partial charge in [0.15, 0.2) is 0 Å². The molecule has 0 unspecified atom stereocenters. The van der Waals surface area contributed by atoms with Crippen molar-refractivity contribution >= 4 is 29.7 Å². The first-order valence-electron chi connectivity index (χ1n) is 7.75. The number of benzene rings is 1. The molecule has 3 N–H and O–H groups in total. The summed E-state index contributed by atoms with van der Waals surface area (Å²) in [6.07, 6.45) is 0.702. The number of hydrogen-bond donors (Lipinski definition) is 2. The van der Waals surface area contributed by atoms with Crippen LogP contribution in [-0.2, 0) is 6.42 Å². The molecule has 0 aliphatic rings. The fourth-order valence-electron chi connectivity index (χ4n) is 2.03. The number of nitrogens with zero attached hydrogens (tertiary/aromatic N) is 1. The molecule has 0 aliphatic heterocycles. The van der Waals surface area contributed by atoms with Crippen LogP contribution in [0.2, 0.25) is 0 Å². The van der Waals surface area contributed by atoms with Gasteiger partial charge in [0.1, 0.15) is 18.1 Å². The molecular weight excluding hydrogens is 346 g/mol. The quantitative estimate of drug-likeness (QED) is 0.701. The summed E-state index contributed by atoms with van der Waals surface area (Å²) in [5, 5.41) is 5.45. The van der Waals surface area contributed by atoms with Crippen LogP contribution >= 0.6 is 23.7 Å². The predicted octanol–water partition coefficient (Wildman–Crippen LogP) is 3.00. The standard InChI is InChI=1S/C17H23N3O2S.ClH/c1-12(2)13-3-5-14(6-4-13)22-10-9-19-17(21)15-11-23-16(20-15)7-8-18;/h3-6,11-12H,7-10,18H2,1-2H3,(H,19,21);1H. The zero-order valence-electron chi connectivity index (χ0n) is 14.0. The maximum atomic E-state index is 11.9. The Labute approximate surface area is 153 Å². The summed E-state index contributed by atoms with van der Waals surface area (Å²) in [6.45, 7) is 5.71. The second-order valence-corrected chi connectivity index (χ2v) is 6.44. The van der Waals surface area contributed by atoms with E-state index in [1.165, 1.54) is 16.9 Å². The van der Waals surface area contributed by atoms with Gasteiger partial charge in [-0.1, -0.05) is 26.0 Å². The number of hydrogen-bond acceptors (Lipinski definition) is 5. The Kier molecular flexibility index (Phi) is 8.74. The molecule has 0 spiro atoms. The van der Waals surface area contributed by atoms with Crippen molar-refractivity contribution in [1.82, 2.24) is 10.3 Å². The van der Waals surface area contributed by atoms with Gasteiger partial charge in [0.25, 0.3) is 5.91 Å².